The van der Waals surface area contributed by atoms with Crippen LogP contribution in [0.1, 0.15) is 28.8 Å². The number of anilines is 1. The van der Waals surface area contributed by atoms with Crippen LogP contribution in [-0.4, -0.2) is 54.8 Å². The molecule has 0 aliphatic carbocycles. The van der Waals surface area contributed by atoms with Gasteiger partial charge in [0.05, 0.1) is 6.04 Å². The van der Waals surface area contributed by atoms with Crippen LogP contribution in [0.5, 0.6) is 0 Å². The van der Waals surface area contributed by atoms with E-state index in [2.05, 4.69) is 21.6 Å². The zero-order valence-electron chi connectivity index (χ0n) is 13.5. The van der Waals surface area contributed by atoms with Crippen molar-refractivity contribution < 1.29 is 9.59 Å². The molecule has 2 fully saturated rings. The van der Waals surface area contributed by atoms with Gasteiger partial charge in [0.25, 0.3) is 5.91 Å². The molecule has 126 valence electrons. The van der Waals surface area contributed by atoms with Crippen LogP contribution in [0.15, 0.2) is 18.2 Å². The lowest BCUT2D eigenvalue weighted by atomic mass is 10.0. The summed E-state index contributed by atoms with van der Waals surface area (Å²) in [7, 11) is 0. The maximum atomic E-state index is 12.8. The number of hydrogen-bond donors (Lipinski definition) is 3. The van der Waals surface area contributed by atoms with Crippen molar-refractivity contribution in [1.82, 2.24) is 15.5 Å². The number of piperazine rings is 1. The number of carbonyl (C=O) groups excluding carboxylic acids is 2. The van der Waals surface area contributed by atoms with E-state index in [9.17, 15) is 9.59 Å². The van der Waals surface area contributed by atoms with Gasteiger partial charge in [-0.2, -0.15) is 0 Å². The van der Waals surface area contributed by atoms with Gasteiger partial charge in [-0.15, -0.1) is 0 Å². The van der Waals surface area contributed by atoms with Gasteiger partial charge >= 0.3 is 0 Å². The number of benzene rings is 1. The molecule has 4 rings (SSSR count). The summed E-state index contributed by atoms with van der Waals surface area (Å²) in [5, 5.41) is 13.9. The number of hydrogen-bond acceptors (Lipinski definition) is 5. The quantitative estimate of drug-likeness (QED) is 0.729. The Balaban J connectivity index is 1.56. The highest BCUT2D eigenvalue weighted by Gasteiger charge is 2.37. The number of amidine groups is 1. The number of piperidine rings is 1. The number of carbonyl (C=O) groups is 2. The van der Waals surface area contributed by atoms with Crippen molar-refractivity contribution in [1.29, 1.82) is 5.41 Å². The highest BCUT2D eigenvalue weighted by Crippen LogP contribution is 2.30. The van der Waals surface area contributed by atoms with Crippen LogP contribution in [0, 0.1) is 5.41 Å². The maximum Gasteiger partial charge on any atom is 0.255 e. The lowest BCUT2D eigenvalue weighted by molar-refractivity contribution is -0.120. The van der Waals surface area contributed by atoms with Crippen LogP contribution in [-0.2, 0) is 11.3 Å². The van der Waals surface area contributed by atoms with Crippen molar-refractivity contribution in [2.45, 2.75) is 25.4 Å². The maximum absolute atomic E-state index is 12.8. The normalized spacial score (nSPS) is 24.2. The van der Waals surface area contributed by atoms with Gasteiger partial charge in [-0.1, -0.05) is 6.07 Å². The van der Waals surface area contributed by atoms with E-state index in [4.69, 9.17) is 5.41 Å². The van der Waals surface area contributed by atoms with E-state index in [-0.39, 0.29) is 23.7 Å². The summed E-state index contributed by atoms with van der Waals surface area (Å²) in [5.74, 6) is -0.0379. The molecule has 0 saturated carbocycles. The summed E-state index contributed by atoms with van der Waals surface area (Å²) >= 11 is 0. The molecule has 3 heterocycles. The van der Waals surface area contributed by atoms with Gasteiger partial charge in [0.2, 0.25) is 5.91 Å². The molecule has 3 aliphatic rings. The summed E-state index contributed by atoms with van der Waals surface area (Å²) in [6.45, 7) is 4.30. The Morgan fingerprint density at radius 2 is 1.96 bits per heavy atom. The zero-order valence-corrected chi connectivity index (χ0v) is 13.5. The molecule has 3 N–H and O–H groups in total. The van der Waals surface area contributed by atoms with Crippen LogP contribution >= 0.6 is 0 Å². The SMILES string of the molecule is N=C1NC(=O)CCC1N1Cc2ccc(N3CCNCC3)cc2C1=O. The topological polar surface area (TPSA) is 88.5 Å². The average Bonchev–Trinajstić information content (AvgIpc) is 2.92. The second-order valence-corrected chi connectivity index (χ2v) is 6.53. The fourth-order valence-electron chi connectivity index (χ4n) is 3.70. The van der Waals surface area contributed by atoms with Gasteiger partial charge < -0.3 is 20.4 Å². The number of rotatable bonds is 2. The van der Waals surface area contributed by atoms with E-state index in [1.54, 1.807) is 4.90 Å². The number of nitrogens with zero attached hydrogens (tertiary/aromatic N) is 2. The Morgan fingerprint density at radius 1 is 1.17 bits per heavy atom. The minimum atomic E-state index is -0.328. The second-order valence-electron chi connectivity index (χ2n) is 6.53. The van der Waals surface area contributed by atoms with E-state index in [1.165, 1.54) is 0 Å². The van der Waals surface area contributed by atoms with Gasteiger partial charge in [-0.05, 0) is 24.1 Å². The Hall–Kier alpha value is -2.41. The van der Waals surface area contributed by atoms with Crippen molar-refractivity contribution in [3.05, 3.63) is 29.3 Å². The average molecular weight is 327 g/mol. The van der Waals surface area contributed by atoms with Gasteiger partial charge in [-0.25, -0.2) is 0 Å². The monoisotopic (exact) mass is 327 g/mol. The first kappa shape index (κ1) is 15.1. The van der Waals surface area contributed by atoms with Gasteiger partial charge in [-0.3, -0.25) is 15.0 Å². The Kier molecular flexibility index (Phi) is 3.72. The molecule has 1 aromatic rings. The molecule has 7 heteroatoms. The van der Waals surface area contributed by atoms with Crippen LogP contribution in [0.2, 0.25) is 0 Å². The van der Waals surface area contributed by atoms with Crippen LogP contribution in [0.3, 0.4) is 0 Å². The molecule has 1 aromatic carbocycles. The summed E-state index contributed by atoms with van der Waals surface area (Å²) in [4.78, 5) is 28.2. The Labute approximate surface area is 140 Å². The molecule has 0 radical (unpaired) electrons. The second kappa shape index (κ2) is 5.90. The third-order valence-electron chi connectivity index (χ3n) is 5.04. The Morgan fingerprint density at radius 3 is 2.71 bits per heavy atom. The first-order chi connectivity index (χ1) is 11.6. The fraction of sp³-hybridized carbons (Fsp3) is 0.471. The largest absolute Gasteiger partial charge is 0.369 e. The molecule has 2 saturated heterocycles. The third kappa shape index (κ3) is 2.54. The summed E-state index contributed by atoms with van der Waals surface area (Å²) in [5.41, 5.74) is 2.82. The minimum Gasteiger partial charge on any atom is -0.369 e. The molecular formula is C17H21N5O2. The fourth-order valence-corrected chi connectivity index (χ4v) is 3.70. The van der Waals surface area contributed by atoms with Crippen molar-refractivity contribution in [3.8, 4) is 0 Å². The number of nitrogens with one attached hydrogen (secondary N) is 3. The van der Waals surface area contributed by atoms with Crippen LogP contribution < -0.4 is 15.5 Å². The molecule has 0 bridgehead atoms. The molecule has 1 unspecified atom stereocenters. The standard InChI is InChI=1S/C17H21N5O2/c18-16-14(3-4-15(23)20-16)22-10-11-1-2-12(9-13(11)17(22)24)21-7-5-19-6-8-21/h1-2,9,14,19H,3-8,10H2,(H2,18,20,23). The van der Waals surface area contributed by atoms with E-state index < -0.39 is 0 Å². The first-order valence-electron chi connectivity index (χ1n) is 8.41. The van der Waals surface area contributed by atoms with Crippen molar-refractivity contribution in [3.63, 3.8) is 0 Å². The molecule has 7 nitrogen and oxygen atoms in total. The van der Waals surface area contributed by atoms with E-state index in [0.29, 0.717) is 19.4 Å². The molecule has 3 aliphatic heterocycles. The molecule has 0 spiro atoms. The van der Waals surface area contributed by atoms with E-state index in [0.717, 1.165) is 43.0 Å². The Bertz CT molecular complexity index is 711. The summed E-state index contributed by atoms with van der Waals surface area (Å²) in [6.07, 6.45) is 0.883. The van der Waals surface area contributed by atoms with Crippen molar-refractivity contribution >= 4 is 23.3 Å². The van der Waals surface area contributed by atoms with Crippen LogP contribution in [0.25, 0.3) is 0 Å². The molecule has 0 aromatic heterocycles. The summed E-state index contributed by atoms with van der Waals surface area (Å²) in [6, 6.07) is 5.75. The molecular weight excluding hydrogens is 306 g/mol. The van der Waals surface area contributed by atoms with Gasteiger partial charge in [0.15, 0.2) is 0 Å². The molecule has 24 heavy (non-hydrogen) atoms. The van der Waals surface area contributed by atoms with Crippen LogP contribution in [0.4, 0.5) is 5.69 Å². The lowest BCUT2D eigenvalue weighted by Gasteiger charge is -2.31. The lowest BCUT2D eigenvalue weighted by Crippen LogP contribution is -2.52. The molecule has 1 atom stereocenters. The predicted octanol–water partition coefficient (Wildman–Crippen LogP) is 0.308. The predicted molar refractivity (Wildman–Crippen MR) is 90.3 cm³/mol. The highest BCUT2D eigenvalue weighted by molar-refractivity contribution is 6.06. The van der Waals surface area contributed by atoms with E-state index in [1.807, 2.05) is 12.1 Å². The van der Waals surface area contributed by atoms with Crippen molar-refractivity contribution in [2.75, 3.05) is 31.1 Å². The minimum absolute atomic E-state index is 0.0344. The molecule has 2 amide bonds. The third-order valence-corrected chi connectivity index (χ3v) is 5.04. The number of fused-ring (bicyclic) bond motifs is 1. The first-order valence-corrected chi connectivity index (χ1v) is 8.41. The smallest absolute Gasteiger partial charge is 0.255 e. The van der Waals surface area contributed by atoms with E-state index >= 15 is 0 Å². The summed E-state index contributed by atoms with van der Waals surface area (Å²) < 4.78 is 0. The van der Waals surface area contributed by atoms with Gasteiger partial charge in [0, 0.05) is 50.4 Å². The number of amides is 2. The highest BCUT2D eigenvalue weighted by atomic mass is 16.2. The zero-order chi connectivity index (χ0) is 16.7. The van der Waals surface area contributed by atoms with Crippen molar-refractivity contribution in [2.24, 2.45) is 0 Å². The van der Waals surface area contributed by atoms with Gasteiger partial charge in [0.1, 0.15) is 5.84 Å².